The van der Waals surface area contributed by atoms with E-state index in [1.54, 1.807) is 0 Å². The van der Waals surface area contributed by atoms with Gasteiger partial charge in [0.15, 0.2) is 6.61 Å². The predicted molar refractivity (Wildman–Crippen MR) is 95.2 cm³/mol. The number of carbonyl (C=O) groups excluding carboxylic acids is 1. The van der Waals surface area contributed by atoms with Gasteiger partial charge in [-0.1, -0.05) is 19.1 Å². The number of carbonyl (C=O) groups is 1. The summed E-state index contributed by atoms with van der Waals surface area (Å²) in [4.78, 5) is 12.4. The molecule has 2 aromatic rings. The third-order valence-electron chi connectivity index (χ3n) is 3.78. The van der Waals surface area contributed by atoms with Crippen molar-refractivity contribution >= 4 is 21.8 Å². The minimum atomic E-state index is -0.188. The number of aryl methyl sites for hydroxylation is 2. The smallest absolute Gasteiger partial charge is 0.284 e. The quantitative estimate of drug-likeness (QED) is 0.706. The Labute approximate surface area is 145 Å². The second-order valence-corrected chi connectivity index (χ2v) is 6.21. The number of hydrogen-bond acceptors (Lipinski definition) is 3. The number of benzene rings is 1. The minimum absolute atomic E-state index is 0.0560. The second-order valence-electron chi connectivity index (χ2n) is 5.35. The number of aromatic nitrogens is 2. The fourth-order valence-corrected chi connectivity index (χ4v) is 2.98. The van der Waals surface area contributed by atoms with Crippen LogP contribution in [0.1, 0.15) is 34.2 Å². The third kappa shape index (κ3) is 3.91. The Morgan fingerprint density at radius 3 is 2.78 bits per heavy atom. The van der Waals surface area contributed by atoms with Gasteiger partial charge in [0, 0.05) is 11.3 Å². The lowest BCUT2D eigenvalue weighted by Crippen LogP contribution is -2.22. The number of allylic oxidation sites excluding steroid dienone is 1. The number of rotatable bonds is 6. The van der Waals surface area contributed by atoms with Gasteiger partial charge in [0.05, 0.1) is 10.2 Å². The van der Waals surface area contributed by atoms with Crippen LogP contribution in [0.5, 0.6) is 5.75 Å². The van der Waals surface area contributed by atoms with Crippen LogP contribution in [0.4, 0.5) is 0 Å². The van der Waals surface area contributed by atoms with Gasteiger partial charge in [-0.2, -0.15) is 5.10 Å². The molecule has 0 aliphatic rings. The summed E-state index contributed by atoms with van der Waals surface area (Å²) in [6, 6.07) is 5.88. The minimum Gasteiger partial charge on any atom is -0.483 e. The molecule has 0 saturated carbocycles. The van der Waals surface area contributed by atoms with Crippen molar-refractivity contribution < 1.29 is 9.53 Å². The molecule has 0 unspecified atom stereocenters. The summed E-state index contributed by atoms with van der Waals surface area (Å²) in [5.41, 5.74) is 3.95. The van der Waals surface area contributed by atoms with E-state index in [-0.39, 0.29) is 12.5 Å². The summed E-state index contributed by atoms with van der Waals surface area (Å²) in [7, 11) is 0. The van der Waals surface area contributed by atoms with Crippen molar-refractivity contribution in [1.29, 1.82) is 0 Å². The summed E-state index contributed by atoms with van der Waals surface area (Å²) in [6.45, 7) is 9.57. The van der Waals surface area contributed by atoms with Crippen molar-refractivity contribution in [2.24, 2.45) is 0 Å². The summed E-state index contributed by atoms with van der Waals surface area (Å²) < 4.78 is 7.91. The van der Waals surface area contributed by atoms with Crippen molar-refractivity contribution in [3.8, 4) is 5.75 Å². The van der Waals surface area contributed by atoms with Crippen LogP contribution < -0.4 is 4.74 Å². The molecule has 23 heavy (non-hydrogen) atoms. The molecular weight excluding hydrogens is 356 g/mol. The van der Waals surface area contributed by atoms with E-state index in [0.29, 0.717) is 12.2 Å². The van der Waals surface area contributed by atoms with E-state index >= 15 is 0 Å². The molecule has 0 spiro atoms. The SMILES string of the molecule is C=CCc1c(C)nn(C(=O)COc2ccc(CC)cc2Br)c1C. The van der Waals surface area contributed by atoms with Crippen LogP contribution in [0.3, 0.4) is 0 Å². The normalized spacial score (nSPS) is 10.6. The van der Waals surface area contributed by atoms with Crippen LogP contribution in [0.2, 0.25) is 0 Å². The second kappa shape index (κ2) is 7.59. The molecule has 122 valence electrons. The maximum Gasteiger partial charge on any atom is 0.284 e. The molecule has 0 aliphatic carbocycles. The third-order valence-corrected chi connectivity index (χ3v) is 4.40. The first-order valence-electron chi connectivity index (χ1n) is 7.58. The first-order chi connectivity index (χ1) is 11.0. The molecule has 0 fully saturated rings. The highest BCUT2D eigenvalue weighted by Crippen LogP contribution is 2.26. The molecule has 0 N–H and O–H groups in total. The molecule has 1 heterocycles. The molecule has 0 aliphatic heterocycles. The van der Waals surface area contributed by atoms with Crippen molar-refractivity contribution in [2.45, 2.75) is 33.6 Å². The van der Waals surface area contributed by atoms with Crippen LogP contribution in [0, 0.1) is 13.8 Å². The molecule has 1 aromatic heterocycles. The van der Waals surface area contributed by atoms with Gasteiger partial charge in [0.1, 0.15) is 5.75 Å². The van der Waals surface area contributed by atoms with E-state index in [9.17, 15) is 4.79 Å². The molecular formula is C18H21BrN2O2. The first kappa shape index (κ1) is 17.5. The Kier molecular flexibility index (Phi) is 5.77. The van der Waals surface area contributed by atoms with E-state index in [2.05, 4.69) is 34.5 Å². The zero-order valence-electron chi connectivity index (χ0n) is 13.7. The average molecular weight is 377 g/mol. The van der Waals surface area contributed by atoms with Gasteiger partial charge >= 0.3 is 0 Å². The first-order valence-corrected chi connectivity index (χ1v) is 8.37. The Hall–Kier alpha value is -1.88. The fourth-order valence-electron chi connectivity index (χ4n) is 2.44. The molecule has 0 bridgehead atoms. The highest BCUT2D eigenvalue weighted by atomic mass is 79.9. The zero-order chi connectivity index (χ0) is 17.0. The van der Waals surface area contributed by atoms with Gasteiger partial charge in [0.25, 0.3) is 5.91 Å². The maximum absolute atomic E-state index is 12.4. The van der Waals surface area contributed by atoms with Gasteiger partial charge in [0.2, 0.25) is 0 Å². The average Bonchev–Trinajstić information content (AvgIpc) is 2.82. The molecule has 2 rings (SSSR count). The lowest BCUT2D eigenvalue weighted by molar-refractivity contribution is 0.0817. The molecule has 0 atom stereocenters. The Morgan fingerprint density at radius 2 is 2.17 bits per heavy atom. The summed E-state index contributed by atoms with van der Waals surface area (Å²) >= 11 is 3.48. The standard InChI is InChI=1S/C18H21BrN2O2/c1-5-7-15-12(3)20-21(13(15)4)18(22)11-23-17-9-8-14(6-2)10-16(17)19/h5,8-10H,1,6-7,11H2,2-4H3. The van der Waals surface area contributed by atoms with Gasteiger partial charge in [-0.3, -0.25) is 4.79 Å². The van der Waals surface area contributed by atoms with E-state index < -0.39 is 0 Å². The monoisotopic (exact) mass is 376 g/mol. The molecule has 0 radical (unpaired) electrons. The van der Waals surface area contributed by atoms with Gasteiger partial charge in [-0.05, 0) is 60.3 Å². The number of nitrogens with zero attached hydrogens (tertiary/aromatic N) is 2. The van der Waals surface area contributed by atoms with Crippen molar-refractivity contribution in [3.63, 3.8) is 0 Å². The summed E-state index contributed by atoms with van der Waals surface area (Å²) in [6.07, 6.45) is 3.47. The Morgan fingerprint density at radius 1 is 1.43 bits per heavy atom. The number of halogens is 1. The molecule has 0 amide bonds. The molecule has 5 heteroatoms. The van der Waals surface area contributed by atoms with Crippen molar-refractivity contribution in [3.05, 3.63) is 57.8 Å². The van der Waals surface area contributed by atoms with Crippen LogP contribution in [-0.2, 0) is 12.8 Å². The van der Waals surface area contributed by atoms with Crippen LogP contribution in [0.15, 0.2) is 35.3 Å². The van der Waals surface area contributed by atoms with E-state index in [1.807, 2.05) is 38.1 Å². The lowest BCUT2D eigenvalue weighted by Gasteiger charge is -2.09. The van der Waals surface area contributed by atoms with Gasteiger partial charge < -0.3 is 4.74 Å². The maximum atomic E-state index is 12.4. The zero-order valence-corrected chi connectivity index (χ0v) is 15.3. The largest absolute Gasteiger partial charge is 0.483 e. The molecule has 1 aromatic carbocycles. The van der Waals surface area contributed by atoms with E-state index in [0.717, 1.165) is 27.8 Å². The Bertz CT molecular complexity index is 735. The topological polar surface area (TPSA) is 44.1 Å². The summed E-state index contributed by atoms with van der Waals surface area (Å²) in [5, 5.41) is 4.32. The van der Waals surface area contributed by atoms with Crippen molar-refractivity contribution in [2.75, 3.05) is 6.61 Å². The van der Waals surface area contributed by atoms with E-state index in [1.165, 1.54) is 10.2 Å². The van der Waals surface area contributed by atoms with Crippen molar-refractivity contribution in [1.82, 2.24) is 9.78 Å². The van der Waals surface area contributed by atoms with Gasteiger partial charge in [-0.15, -0.1) is 6.58 Å². The van der Waals surface area contributed by atoms with E-state index in [4.69, 9.17) is 4.74 Å². The fraction of sp³-hybridized carbons (Fsp3) is 0.333. The van der Waals surface area contributed by atoms with Crippen LogP contribution in [0.25, 0.3) is 0 Å². The van der Waals surface area contributed by atoms with Gasteiger partial charge in [-0.25, -0.2) is 4.68 Å². The Balaban J connectivity index is 2.11. The highest BCUT2D eigenvalue weighted by molar-refractivity contribution is 9.10. The number of ether oxygens (including phenoxy) is 1. The van der Waals surface area contributed by atoms with Crippen LogP contribution in [-0.4, -0.2) is 22.3 Å². The lowest BCUT2D eigenvalue weighted by atomic mass is 10.1. The predicted octanol–water partition coefficient (Wildman–Crippen LogP) is 4.27. The summed E-state index contributed by atoms with van der Waals surface area (Å²) in [5.74, 6) is 0.468. The highest BCUT2D eigenvalue weighted by Gasteiger charge is 2.16. The molecule has 0 saturated heterocycles. The van der Waals surface area contributed by atoms with Crippen LogP contribution >= 0.6 is 15.9 Å². The number of hydrogen-bond donors (Lipinski definition) is 0. The molecule has 4 nitrogen and oxygen atoms in total.